The maximum Gasteiger partial charge on any atom is 0.255 e. The molecule has 2 atom stereocenters. The normalized spacial score (nSPS) is 18.2. The van der Waals surface area contributed by atoms with E-state index in [-0.39, 0.29) is 23.8 Å². The maximum atomic E-state index is 15.6. The van der Waals surface area contributed by atoms with Gasteiger partial charge in [0.2, 0.25) is 5.91 Å². The second-order valence-electron chi connectivity index (χ2n) is 11.5. The van der Waals surface area contributed by atoms with Crippen LogP contribution in [-0.4, -0.2) is 45.7 Å². The minimum atomic E-state index is -0.401. The Kier molecular flexibility index (Phi) is 6.69. The minimum Gasteiger partial charge on any atom is -0.371 e. The molecule has 0 bridgehead atoms. The van der Waals surface area contributed by atoms with E-state index in [0.717, 1.165) is 17.5 Å². The quantitative estimate of drug-likeness (QED) is 0.285. The lowest BCUT2D eigenvalue weighted by molar-refractivity contribution is -0.121. The van der Waals surface area contributed by atoms with Crippen LogP contribution in [0.15, 0.2) is 91.3 Å². The van der Waals surface area contributed by atoms with E-state index in [1.807, 2.05) is 68.8 Å². The monoisotopic (exact) mass is 573 g/mol. The predicted octanol–water partition coefficient (Wildman–Crippen LogP) is 5.88. The van der Waals surface area contributed by atoms with Crippen molar-refractivity contribution in [3.8, 4) is 22.4 Å². The lowest BCUT2D eigenvalue weighted by Crippen LogP contribution is -2.38. The van der Waals surface area contributed by atoms with Gasteiger partial charge in [-0.15, -0.1) is 0 Å². The number of aromatic nitrogens is 2. The number of fused-ring (bicyclic) bond motifs is 2. The molecule has 3 aromatic carbocycles. The zero-order valence-corrected chi connectivity index (χ0v) is 23.9. The SMILES string of the molecule is C[C@@H]1c2ccccc2CCN1C(=O)c1cc(-c2ccccc2)c2nc(-c3ccc(N4CC[C@H](C(N)=O)C4)cc3F)cn2c1. The van der Waals surface area contributed by atoms with Crippen molar-refractivity contribution < 1.29 is 14.0 Å². The molecule has 2 amide bonds. The van der Waals surface area contributed by atoms with E-state index in [2.05, 4.69) is 19.1 Å². The zero-order chi connectivity index (χ0) is 29.7. The number of halogens is 1. The van der Waals surface area contributed by atoms with Gasteiger partial charge < -0.3 is 19.9 Å². The molecular weight excluding hydrogens is 541 g/mol. The highest BCUT2D eigenvalue weighted by Crippen LogP contribution is 2.34. The lowest BCUT2D eigenvalue weighted by atomic mass is 9.93. The number of nitrogens with zero attached hydrogens (tertiary/aromatic N) is 4. The van der Waals surface area contributed by atoms with Gasteiger partial charge in [0, 0.05) is 48.8 Å². The second-order valence-corrected chi connectivity index (χ2v) is 11.5. The first-order chi connectivity index (χ1) is 20.9. The fourth-order valence-corrected chi connectivity index (χ4v) is 6.53. The van der Waals surface area contributed by atoms with Crippen molar-refractivity contribution in [2.45, 2.75) is 25.8 Å². The Morgan fingerprint density at radius 3 is 2.49 bits per heavy atom. The summed E-state index contributed by atoms with van der Waals surface area (Å²) in [5.74, 6) is -0.998. The number of carbonyl (C=O) groups is 2. The van der Waals surface area contributed by atoms with Gasteiger partial charge in [-0.05, 0) is 60.7 Å². The fraction of sp³-hybridized carbons (Fsp3) is 0.229. The minimum absolute atomic E-state index is 0.0480. The van der Waals surface area contributed by atoms with E-state index in [1.54, 1.807) is 18.5 Å². The van der Waals surface area contributed by atoms with Crippen LogP contribution in [0, 0.1) is 11.7 Å². The predicted molar refractivity (Wildman–Crippen MR) is 165 cm³/mol. The van der Waals surface area contributed by atoms with Crippen LogP contribution in [0.2, 0.25) is 0 Å². The summed E-state index contributed by atoms with van der Waals surface area (Å²) in [7, 11) is 0. The highest BCUT2D eigenvalue weighted by atomic mass is 19.1. The van der Waals surface area contributed by atoms with Crippen molar-refractivity contribution in [3.05, 3.63) is 114 Å². The molecule has 2 N–H and O–H groups in total. The fourth-order valence-electron chi connectivity index (χ4n) is 6.53. The highest BCUT2D eigenvalue weighted by molar-refractivity contribution is 5.97. The Labute approximate surface area is 249 Å². The van der Waals surface area contributed by atoms with Crippen LogP contribution in [0.1, 0.15) is 40.9 Å². The van der Waals surface area contributed by atoms with Gasteiger partial charge in [0.05, 0.1) is 23.2 Å². The van der Waals surface area contributed by atoms with E-state index in [4.69, 9.17) is 10.7 Å². The third kappa shape index (κ3) is 4.82. The largest absolute Gasteiger partial charge is 0.371 e. The number of carbonyl (C=O) groups excluding carboxylic acids is 2. The van der Waals surface area contributed by atoms with Gasteiger partial charge in [0.1, 0.15) is 11.5 Å². The molecule has 2 aliphatic rings. The molecule has 8 heteroatoms. The smallest absolute Gasteiger partial charge is 0.255 e. The average Bonchev–Trinajstić information content (AvgIpc) is 3.69. The topological polar surface area (TPSA) is 83.9 Å². The lowest BCUT2D eigenvalue weighted by Gasteiger charge is -2.35. The summed E-state index contributed by atoms with van der Waals surface area (Å²) in [4.78, 5) is 34.4. The van der Waals surface area contributed by atoms with Crippen LogP contribution in [-0.2, 0) is 11.2 Å². The summed E-state index contributed by atoms with van der Waals surface area (Å²) >= 11 is 0. The summed E-state index contributed by atoms with van der Waals surface area (Å²) in [5.41, 5.74) is 12.4. The Hall–Kier alpha value is -4.98. The van der Waals surface area contributed by atoms with Gasteiger partial charge in [-0.2, -0.15) is 0 Å². The molecule has 0 aliphatic carbocycles. The number of nitrogens with two attached hydrogens (primary N) is 1. The molecule has 43 heavy (non-hydrogen) atoms. The summed E-state index contributed by atoms with van der Waals surface area (Å²) in [6.45, 7) is 3.85. The summed E-state index contributed by atoms with van der Waals surface area (Å²) < 4.78 is 17.4. The van der Waals surface area contributed by atoms with Crippen LogP contribution < -0.4 is 10.6 Å². The number of benzene rings is 3. The number of imidazole rings is 1. The van der Waals surface area contributed by atoms with Crippen LogP contribution >= 0.6 is 0 Å². The van der Waals surface area contributed by atoms with E-state index < -0.39 is 5.82 Å². The molecule has 4 heterocycles. The number of hydrogen-bond donors (Lipinski definition) is 1. The molecule has 5 aromatic rings. The van der Waals surface area contributed by atoms with Gasteiger partial charge >= 0.3 is 0 Å². The van der Waals surface area contributed by atoms with Crippen molar-refractivity contribution in [2.24, 2.45) is 11.7 Å². The molecule has 0 saturated carbocycles. The van der Waals surface area contributed by atoms with Gasteiger partial charge in [-0.25, -0.2) is 9.37 Å². The van der Waals surface area contributed by atoms with Gasteiger partial charge in [-0.1, -0.05) is 54.6 Å². The molecule has 1 saturated heterocycles. The van der Waals surface area contributed by atoms with Gasteiger partial charge in [-0.3, -0.25) is 9.59 Å². The molecule has 0 unspecified atom stereocenters. The van der Waals surface area contributed by atoms with E-state index >= 15 is 4.39 Å². The van der Waals surface area contributed by atoms with Crippen molar-refractivity contribution in [3.63, 3.8) is 0 Å². The first-order valence-corrected chi connectivity index (χ1v) is 14.7. The zero-order valence-electron chi connectivity index (χ0n) is 23.9. The average molecular weight is 574 g/mol. The van der Waals surface area contributed by atoms with Crippen LogP contribution in [0.5, 0.6) is 0 Å². The first kappa shape index (κ1) is 26.9. The molecule has 1 fully saturated rings. The molecule has 216 valence electrons. The van der Waals surface area contributed by atoms with Gasteiger partial charge in [0.25, 0.3) is 5.91 Å². The van der Waals surface area contributed by atoms with E-state index in [0.29, 0.717) is 54.2 Å². The van der Waals surface area contributed by atoms with Crippen LogP contribution in [0.4, 0.5) is 10.1 Å². The molecule has 7 nitrogen and oxygen atoms in total. The second kappa shape index (κ2) is 10.7. The molecular formula is C35H32FN5O2. The highest BCUT2D eigenvalue weighted by Gasteiger charge is 2.30. The number of hydrogen-bond acceptors (Lipinski definition) is 4. The summed E-state index contributed by atoms with van der Waals surface area (Å²) in [5, 5.41) is 0. The molecule has 7 rings (SSSR count). The molecule has 0 spiro atoms. The third-order valence-electron chi connectivity index (χ3n) is 8.92. The standard InChI is InChI=1S/C35H32FN5O2/c1-22-28-10-6-5-9-24(28)14-16-41(22)35(43)26-17-30(23-7-3-2-4-8-23)34-38-32(21-40(34)20-26)29-12-11-27(18-31(29)36)39-15-13-25(19-39)33(37)42/h2-12,17-18,20-22,25H,13-16,19H2,1H3,(H2,37,42)/t22-,25+/m1/s1. The summed E-state index contributed by atoms with van der Waals surface area (Å²) in [6, 6.07) is 25.0. The number of pyridine rings is 1. The molecule has 2 aromatic heterocycles. The van der Waals surface area contributed by atoms with Crippen molar-refractivity contribution in [1.29, 1.82) is 0 Å². The first-order valence-electron chi connectivity index (χ1n) is 14.7. The van der Waals surface area contributed by atoms with Crippen LogP contribution in [0.25, 0.3) is 28.0 Å². The maximum absolute atomic E-state index is 15.6. The number of amides is 2. The van der Waals surface area contributed by atoms with Crippen molar-refractivity contribution >= 4 is 23.1 Å². The Balaban J connectivity index is 1.26. The number of primary amides is 1. The molecule has 2 aliphatic heterocycles. The number of anilines is 1. The van der Waals surface area contributed by atoms with Crippen LogP contribution in [0.3, 0.4) is 0 Å². The Morgan fingerprint density at radius 1 is 0.930 bits per heavy atom. The van der Waals surface area contributed by atoms with E-state index in [1.165, 1.54) is 17.2 Å². The Bertz CT molecular complexity index is 1870. The Morgan fingerprint density at radius 2 is 1.72 bits per heavy atom. The van der Waals surface area contributed by atoms with Gasteiger partial charge in [0.15, 0.2) is 0 Å². The third-order valence-corrected chi connectivity index (χ3v) is 8.92. The summed E-state index contributed by atoms with van der Waals surface area (Å²) in [6.07, 6.45) is 5.06. The van der Waals surface area contributed by atoms with Crippen molar-refractivity contribution in [2.75, 3.05) is 24.5 Å². The van der Waals surface area contributed by atoms with E-state index in [9.17, 15) is 9.59 Å². The number of rotatable bonds is 5. The van der Waals surface area contributed by atoms with Crippen molar-refractivity contribution in [1.82, 2.24) is 14.3 Å². The molecule has 0 radical (unpaired) electrons.